The molecule has 2 N–H and O–H groups in total. The second-order valence-corrected chi connectivity index (χ2v) is 7.95. The highest BCUT2D eigenvalue weighted by molar-refractivity contribution is 7.99. The number of fused-ring (bicyclic) bond motifs is 5. The van der Waals surface area contributed by atoms with Gasteiger partial charge in [-0.05, 0) is 30.0 Å². The van der Waals surface area contributed by atoms with Crippen molar-refractivity contribution in [1.29, 1.82) is 0 Å². The van der Waals surface area contributed by atoms with Crippen molar-refractivity contribution in [1.82, 2.24) is 15.2 Å². The quantitative estimate of drug-likeness (QED) is 0.618. The molecule has 1 spiro atoms. The number of aromatic nitrogens is 3. The molecule has 0 bridgehead atoms. The van der Waals surface area contributed by atoms with Crippen LogP contribution in [-0.2, 0) is 10.5 Å². The predicted molar refractivity (Wildman–Crippen MR) is 108 cm³/mol. The lowest BCUT2D eigenvalue weighted by atomic mass is 10.0. The summed E-state index contributed by atoms with van der Waals surface area (Å²) in [5, 5.41) is 15.6. The molecule has 0 radical (unpaired) electrons. The van der Waals surface area contributed by atoms with Gasteiger partial charge in [-0.2, -0.15) is 4.98 Å². The van der Waals surface area contributed by atoms with Gasteiger partial charge in [0, 0.05) is 16.3 Å². The molecule has 3 heterocycles. The molecular weight excluding hydrogens is 398 g/mol. The van der Waals surface area contributed by atoms with Crippen LogP contribution in [0.5, 0.6) is 5.88 Å². The van der Waals surface area contributed by atoms with Crippen LogP contribution >= 0.6 is 23.4 Å². The number of halogens is 1. The highest BCUT2D eigenvalue weighted by Crippen LogP contribution is 2.47. The van der Waals surface area contributed by atoms with E-state index in [1.165, 1.54) is 11.8 Å². The minimum absolute atomic E-state index is 0.242. The molecule has 2 aromatic carbocycles. The van der Waals surface area contributed by atoms with Crippen molar-refractivity contribution < 1.29 is 9.53 Å². The van der Waals surface area contributed by atoms with Crippen molar-refractivity contribution in [3.8, 4) is 17.1 Å². The summed E-state index contributed by atoms with van der Waals surface area (Å²) in [5.41, 5.74) is 1.64. The van der Waals surface area contributed by atoms with E-state index in [2.05, 4.69) is 25.8 Å². The van der Waals surface area contributed by atoms with Crippen molar-refractivity contribution in [3.05, 3.63) is 53.1 Å². The molecule has 3 aromatic rings. The second-order valence-electron chi connectivity index (χ2n) is 6.28. The molecule has 0 aliphatic carbocycles. The van der Waals surface area contributed by atoms with Gasteiger partial charge in [-0.1, -0.05) is 48.5 Å². The van der Waals surface area contributed by atoms with Gasteiger partial charge in [-0.3, -0.25) is 4.79 Å². The topological polar surface area (TPSA) is 89.0 Å². The van der Waals surface area contributed by atoms with Gasteiger partial charge in [0.25, 0.3) is 11.6 Å². The normalized spacial score (nSPS) is 19.0. The maximum Gasteiger partial charge on any atom is 0.295 e. The Morgan fingerprint density at radius 2 is 2.04 bits per heavy atom. The second kappa shape index (κ2) is 6.35. The Hall–Kier alpha value is -2.84. The van der Waals surface area contributed by atoms with E-state index in [4.69, 9.17) is 16.3 Å². The van der Waals surface area contributed by atoms with Crippen molar-refractivity contribution in [2.75, 3.05) is 16.4 Å². The first-order chi connectivity index (χ1) is 13.6. The Labute approximate surface area is 169 Å². The Kier molecular flexibility index (Phi) is 3.92. The first-order valence-electron chi connectivity index (χ1n) is 8.66. The van der Waals surface area contributed by atoms with Gasteiger partial charge in [0.1, 0.15) is 0 Å². The van der Waals surface area contributed by atoms with Crippen molar-refractivity contribution in [2.45, 2.75) is 17.8 Å². The molecule has 0 saturated carbocycles. The van der Waals surface area contributed by atoms with Crippen molar-refractivity contribution in [2.24, 2.45) is 0 Å². The first-order valence-corrected chi connectivity index (χ1v) is 10.0. The molecule has 1 amide bonds. The molecule has 1 unspecified atom stereocenters. The summed E-state index contributed by atoms with van der Waals surface area (Å²) < 4.78 is 6.26. The number of benzene rings is 2. The van der Waals surface area contributed by atoms with Crippen LogP contribution in [0.15, 0.2) is 47.6 Å². The largest absolute Gasteiger partial charge is 0.435 e. The van der Waals surface area contributed by atoms with Gasteiger partial charge in [-0.15, -0.1) is 10.2 Å². The van der Waals surface area contributed by atoms with Crippen LogP contribution in [0.4, 0.5) is 11.4 Å². The summed E-state index contributed by atoms with van der Waals surface area (Å²) in [6.07, 6.45) is 0. The summed E-state index contributed by atoms with van der Waals surface area (Å²) in [5.74, 6) is 0.682. The van der Waals surface area contributed by atoms with Gasteiger partial charge in [0.05, 0.1) is 11.3 Å². The van der Waals surface area contributed by atoms with Crippen LogP contribution in [0, 0.1) is 0 Å². The van der Waals surface area contributed by atoms with E-state index in [-0.39, 0.29) is 11.8 Å². The van der Waals surface area contributed by atoms with Gasteiger partial charge in [0.15, 0.2) is 5.69 Å². The average Bonchev–Trinajstić information content (AvgIpc) is 2.85. The Bertz CT molecular complexity index is 1130. The zero-order valence-corrected chi connectivity index (χ0v) is 16.3. The van der Waals surface area contributed by atoms with Gasteiger partial charge >= 0.3 is 0 Å². The van der Waals surface area contributed by atoms with Crippen molar-refractivity contribution in [3.63, 3.8) is 0 Å². The number of ether oxygens (including phenoxy) is 1. The van der Waals surface area contributed by atoms with Gasteiger partial charge in [-0.25, -0.2) is 0 Å². The van der Waals surface area contributed by atoms with Crippen LogP contribution in [-0.4, -0.2) is 26.8 Å². The average molecular weight is 412 g/mol. The fourth-order valence-electron chi connectivity index (χ4n) is 3.36. The highest BCUT2D eigenvalue weighted by Gasteiger charge is 2.52. The lowest BCUT2D eigenvalue weighted by molar-refractivity contribution is -0.128. The van der Waals surface area contributed by atoms with Crippen LogP contribution in [0.1, 0.15) is 12.5 Å². The molecular formula is C19H14ClN5O2S. The number of carbonyl (C=O) groups is 1. The van der Waals surface area contributed by atoms with E-state index in [1.807, 2.05) is 31.2 Å². The number of hydrogen-bond donors (Lipinski definition) is 2. The number of nitrogens with zero attached hydrogens (tertiary/aromatic N) is 3. The molecule has 9 heteroatoms. The molecule has 28 heavy (non-hydrogen) atoms. The number of para-hydroxylation sites is 1. The van der Waals surface area contributed by atoms with Crippen molar-refractivity contribution >= 4 is 40.6 Å². The fourth-order valence-corrected chi connectivity index (χ4v) is 4.04. The number of hydrogen-bond acceptors (Lipinski definition) is 7. The molecule has 140 valence electrons. The summed E-state index contributed by atoms with van der Waals surface area (Å²) in [6, 6.07) is 12.7. The predicted octanol–water partition coefficient (Wildman–Crippen LogP) is 3.91. The number of amides is 1. The molecule has 1 aromatic heterocycles. The number of thioether (sulfide) groups is 1. The zero-order valence-electron chi connectivity index (χ0n) is 14.7. The van der Waals surface area contributed by atoms with E-state index in [1.54, 1.807) is 18.2 Å². The third-order valence-electron chi connectivity index (χ3n) is 4.58. The SMILES string of the molecule is CCSc1nnc2c(n1)OC1(Nc3ccccc3-2)C(=O)Nc2ccc(Cl)cc21. The molecule has 2 aliphatic rings. The third-order valence-corrected chi connectivity index (χ3v) is 5.54. The zero-order chi connectivity index (χ0) is 19.3. The summed E-state index contributed by atoms with van der Waals surface area (Å²) in [6.45, 7) is 2.00. The number of anilines is 2. The molecule has 0 saturated heterocycles. The highest BCUT2D eigenvalue weighted by atomic mass is 35.5. The van der Waals surface area contributed by atoms with E-state index < -0.39 is 5.72 Å². The Balaban J connectivity index is 1.77. The number of nitrogens with one attached hydrogen (secondary N) is 2. The summed E-state index contributed by atoms with van der Waals surface area (Å²) in [7, 11) is 0. The van der Waals surface area contributed by atoms with Crippen LogP contribution in [0.2, 0.25) is 5.02 Å². The summed E-state index contributed by atoms with van der Waals surface area (Å²) >= 11 is 7.67. The minimum Gasteiger partial charge on any atom is -0.435 e. The fraction of sp³-hybridized carbons (Fsp3) is 0.158. The number of rotatable bonds is 2. The minimum atomic E-state index is -1.51. The standard InChI is InChI=1S/C19H14ClN5O2S/c1-2-28-18-22-16-15(24-25-18)11-5-3-4-6-13(11)23-19(27-16)12-9-10(20)7-8-14(12)21-17(19)26/h3-9,23H,2H2,1H3,(H,21,26). The van der Waals surface area contributed by atoms with Gasteiger partial charge < -0.3 is 15.4 Å². The lowest BCUT2D eigenvalue weighted by Gasteiger charge is -2.28. The Morgan fingerprint density at radius 1 is 1.18 bits per heavy atom. The van der Waals surface area contributed by atoms with E-state index >= 15 is 0 Å². The van der Waals surface area contributed by atoms with Crippen LogP contribution < -0.4 is 15.4 Å². The van der Waals surface area contributed by atoms with Crippen LogP contribution in [0.25, 0.3) is 11.3 Å². The molecule has 5 rings (SSSR count). The third kappa shape index (κ3) is 2.52. The lowest BCUT2D eigenvalue weighted by Crippen LogP contribution is -2.47. The van der Waals surface area contributed by atoms with E-state index in [9.17, 15) is 4.79 Å². The molecule has 0 fully saturated rings. The smallest absolute Gasteiger partial charge is 0.295 e. The summed E-state index contributed by atoms with van der Waals surface area (Å²) in [4.78, 5) is 17.6. The number of carbonyl (C=O) groups excluding carboxylic acids is 1. The van der Waals surface area contributed by atoms with Gasteiger partial charge in [0.2, 0.25) is 11.0 Å². The molecule has 1 atom stereocenters. The molecule has 2 aliphatic heterocycles. The van der Waals surface area contributed by atoms with Crippen LogP contribution in [0.3, 0.4) is 0 Å². The maximum absolute atomic E-state index is 13.1. The first kappa shape index (κ1) is 17.3. The Morgan fingerprint density at radius 3 is 2.89 bits per heavy atom. The van der Waals surface area contributed by atoms with E-state index in [0.717, 1.165) is 11.3 Å². The maximum atomic E-state index is 13.1. The monoisotopic (exact) mass is 411 g/mol. The molecule has 7 nitrogen and oxygen atoms in total. The van der Waals surface area contributed by atoms with E-state index in [0.29, 0.717) is 32.8 Å².